The van der Waals surface area contributed by atoms with Crippen molar-refractivity contribution in [2.75, 3.05) is 23.3 Å². The van der Waals surface area contributed by atoms with Crippen LogP contribution in [0.2, 0.25) is 0 Å². The molecule has 0 aliphatic carbocycles. The van der Waals surface area contributed by atoms with E-state index >= 15 is 0 Å². The zero-order valence-electron chi connectivity index (χ0n) is 12.0. The lowest BCUT2D eigenvalue weighted by atomic mass is 10.0. The molecule has 0 bridgehead atoms. The van der Waals surface area contributed by atoms with Gasteiger partial charge in [-0.15, -0.1) is 0 Å². The smallest absolute Gasteiger partial charge is 0.278 e. The third-order valence-electron chi connectivity index (χ3n) is 3.58. The van der Waals surface area contributed by atoms with Crippen LogP contribution >= 0.6 is 0 Å². The molecule has 108 valence electrons. The lowest BCUT2D eigenvalue weighted by molar-refractivity contribution is 0.0980. The van der Waals surface area contributed by atoms with Gasteiger partial charge >= 0.3 is 0 Å². The van der Waals surface area contributed by atoms with Crippen molar-refractivity contribution in [1.82, 2.24) is 9.97 Å². The molecule has 0 radical (unpaired) electrons. The molecule has 1 aromatic heterocycles. The van der Waals surface area contributed by atoms with Crippen LogP contribution in [-0.2, 0) is 6.42 Å². The van der Waals surface area contributed by atoms with Gasteiger partial charge in [0.25, 0.3) is 5.91 Å². The molecule has 1 aromatic carbocycles. The molecular weight excluding hydrogens is 264 g/mol. The predicted octanol–water partition coefficient (Wildman–Crippen LogP) is 2.50. The Morgan fingerprint density at radius 2 is 2.14 bits per heavy atom. The van der Waals surface area contributed by atoms with Gasteiger partial charge < -0.3 is 10.2 Å². The molecule has 2 heterocycles. The SMILES string of the molecule is CCNc1cnc(C(=O)N2CCCc3ccccc32)cn1. The first-order valence-corrected chi connectivity index (χ1v) is 7.25. The molecule has 0 atom stereocenters. The minimum Gasteiger partial charge on any atom is -0.369 e. The Morgan fingerprint density at radius 1 is 1.29 bits per heavy atom. The number of benzene rings is 1. The third kappa shape index (κ3) is 2.72. The Bertz CT molecular complexity index is 639. The van der Waals surface area contributed by atoms with Gasteiger partial charge in [0.05, 0.1) is 12.4 Å². The summed E-state index contributed by atoms with van der Waals surface area (Å²) in [7, 11) is 0. The lowest BCUT2D eigenvalue weighted by Crippen LogP contribution is -2.36. The third-order valence-corrected chi connectivity index (χ3v) is 3.58. The van der Waals surface area contributed by atoms with Crippen LogP contribution in [0.5, 0.6) is 0 Å². The molecule has 1 aliphatic heterocycles. The van der Waals surface area contributed by atoms with Gasteiger partial charge in [0, 0.05) is 18.8 Å². The molecule has 0 fully saturated rings. The maximum absolute atomic E-state index is 12.6. The molecule has 0 saturated carbocycles. The molecule has 5 nitrogen and oxygen atoms in total. The summed E-state index contributed by atoms with van der Waals surface area (Å²) in [5.74, 6) is 0.603. The van der Waals surface area contributed by atoms with E-state index in [1.165, 1.54) is 11.8 Å². The number of hydrogen-bond acceptors (Lipinski definition) is 4. The van der Waals surface area contributed by atoms with Crippen molar-refractivity contribution in [1.29, 1.82) is 0 Å². The van der Waals surface area contributed by atoms with E-state index in [-0.39, 0.29) is 5.91 Å². The number of anilines is 2. The van der Waals surface area contributed by atoms with E-state index in [0.717, 1.165) is 31.6 Å². The molecule has 1 aliphatic rings. The average molecular weight is 282 g/mol. The minimum absolute atomic E-state index is 0.0855. The fraction of sp³-hybridized carbons (Fsp3) is 0.312. The second-order valence-electron chi connectivity index (χ2n) is 5.01. The standard InChI is InChI=1S/C16H18N4O/c1-2-17-15-11-18-13(10-19-15)16(21)20-9-5-7-12-6-3-4-8-14(12)20/h3-4,6,8,10-11H,2,5,7,9H2,1H3,(H,17,19). The predicted molar refractivity (Wildman–Crippen MR) is 82.6 cm³/mol. The van der Waals surface area contributed by atoms with E-state index in [1.54, 1.807) is 11.1 Å². The molecule has 1 N–H and O–H groups in total. The number of amides is 1. The topological polar surface area (TPSA) is 58.1 Å². The summed E-state index contributed by atoms with van der Waals surface area (Å²) in [5.41, 5.74) is 2.59. The molecule has 2 aromatic rings. The van der Waals surface area contributed by atoms with Crippen LogP contribution < -0.4 is 10.2 Å². The van der Waals surface area contributed by atoms with E-state index in [9.17, 15) is 4.79 Å². The van der Waals surface area contributed by atoms with Crippen molar-refractivity contribution >= 4 is 17.4 Å². The van der Waals surface area contributed by atoms with Gasteiger partial charge in [-0.2, -0.15) is 0 Å². The van der Waals surface area contributed by atoms with Crippen LogP contribution in [0.4, 0.5) is 11.5 Å². The second kappa shape index (κ2) is 5.91. The lowest BCUT2D eigenvalue weighted by Gasteiger charge is -2.29. The highest BCUT2D eigenvalue weighted by atomic mass is 16.2. The summed E-state index contributed by atoms with van der Waals surface area (Å²) in [6.45, 7) is 3.50. The quantitative estimate of drug-likeness (QED) is 0.939. The van der Waals surface area contributed by atoms with Gasteiger partial charge in [0.2, 0.25) is 0 Å². The van der Waals surface area contributed by atoms with Gasteiger partial charge in [-0.3, -0.25) is 4.79 Å². The fourth-order valence-corrected chi connectivity index (χ4v) is 2.59. The van der Waals surface area contributed by atoms with Gasteiger partial charge in [0.1, 0.15) is 11.5 Å². The van der Waals surface area contributed by atoms with Crippen LogP contribution in [-0.4, -0.2) is 29.0 Å². The first-order chi connectivity index (χ1) is 10.3. The maximum atomic E-state index is 12.6. The molecule has 3 rings (SSSR count). The summed E-state index contributed by atoms with van der Waals surface area (Å²) in [6, 6.07) is 8.05. The van der Waals surface area contributed by atoms with Crippen LogP contribution in [0.3, 0.4) is 0 Å². The highest BCUT2D eigenvalue weighted by Gasteiger charge is 2.24. The maximum Gasteiger partial charge on any atom is 0.278 e. The average Bonchev–Trinajstić information content (AvgIpc) is 2.55. The number of carbonyl (C=O) groups excluding carboxylic acids is 1. The number of para-hydroxylation sites is 1. The van der Waals surface area contributed by atoms with E-state index in [4.69, 9.17) is 0 Å². The molecule has 1 amide bonds. The van der Waals surface area contributed by atoms with Gasteiger partial charge in [-0.25, -0.2) is 9.97 Å². The minimum atomic E-state index is -0.0855. The Kier molecular flexibility index (Phi) is 3.81. The number of fused-ring (bicyclic) bond motifs is 1. The largest absolute Gasteiger partial charge is 0.369 e. The highest BCUT2D eigenvalue weighted by molar-refractivity contribution is 6.05. The summed E-state index contributed by atoms with van der Waals surface area (Å²) in [4.78, 5) is 22.9. The summed E-state index contributed by atoms with van der Waals surface area (Å²) >= 11 is 0. The van der Waals surface area contributed by atoms with Gasteiger partial charge in [0.15, 0.2) is 0 Å². The number of aromatic nitrogens is 2. The van der Waals surface area contributed by atoms with Crippen molar-refractivity contribution in [2.24, 2.45) is 0 Å². The summed E-state index contributed by atoms with van der Waals surface area (Å²) in [6.07, 6.45) is 5.14. The molecular formula is C16H18N4O. The van der Waals surface area contributed by atoms with Gasteiger partial charge in [-0.1, -0.05) is 18.2 Å². The van der Waals surface area contributed by atoms with Crippen molar-refractivity contribution in [2.45, 2.75) is 19.8 Å². The molecule has 5 heteroatoms. The van der Waals surface area contributed by atoms with Gasteiger partial charge in [-0.05, 0) is 31.4 Å². The van der Waals surface area contributed by atoms with Crippen molar-refractivity contribution < 1.29 is 4.79 Å². The Hall–Kier alpha value is -2.43. The second-order valence-corrected chi connectivity index (χ2v) is 5.01. The van der Waals surface area contributed by atoms with Crippen molar-refractivity contribution in [3.05, 3.63) is 47.9 Å². The Labute approximate surface area is 124 Å². The summed E-state index contributed by atoms with van der Waals surface area (Å²) < 4.78 is 0. The summed E-state index contributed by atoms with van der Waals surface area (Å²) in [5, 5.41) is 3.07. The van der Waals surface area contributed by atoms with E-state index in [2.05, 4.69) is 21.4 Å². The zero-order chi connectivity index (χ0) is 14.7. The van der Waals surface area contributed by atoms with Crippen molar-refractivity contribution in [3.8, 4) is 0 Å². The van der Waals surface area contributed by atoms with Crippen LogP contribution in [0.15, 0.2) is 36.7 Å². The number of aryl methyl sites for hydroxylation is 1. The van der Waals surface area contributed by atoms with E-state index in [0.29, 0.717) is 11.5 Å². The zero-order valence-corrected chi connectivity index (χ0v) is 12.0. The van der Waals surface area contributed by atoms with E-state index < -0.39 is 0 Å². The molecule has 21 heavy (non-hydrogen) atoms. The van der Waals surface area contributed by atoms with E-state index in [1.807, 2.05) is 25.1 Å². The molecule has 0 unspecified atom stereocenters. The number of rotatable bonds is 3. The monoisotopic (exact) mass is 282 g/mol. The van der Waals surface area contributed by atoms with Crippen LogP contribution in [0.25, 0.3) is 0 Å². The molecule has 0 saturated heterocycles. The number of nitrogens with zero attached hydrogens (tertiary/aromatic N) is 3. The van der Waals surface area contributed by atoms with Crippen molar-refractivity contribution in [3.63, 3.8) is 0 Å². The highest BCUT2D eigenvalue weighted by Crippen LogP contribution is 2.27. The molecule has 0 spiro atoms. The first kappa shape index (κ1) is 13.5. The Balaban J connectivity index is 1.86. The number of nitrogens with one attached hydrogen (secondary N) is 1. The first-order valence-electron chi connectivity index (χ1n) is 7.25. The number of hydrogen-bond donors (Lipinski definition) is 1. The van der Waals surface area contributed by atoms with Crippen LogP contribution in [0, 0.1) is 0 Å². The fourth-order valence-electron chi connectivity index (χ4n) is 2.59. The number of carbonyl (C=O) groups is 1. The van der Waals surface area contributed by atoms with Crippen LogP contribution in [0.1, 0.15) is 29.4 Å². The Morgan fingerprint density at radius 3 is 2.90 bits per heavy atom. The normalized spacial score (nSPS) is 13.7.